The van der Waals surface area contributed by atoms with Crippen molar-refractivity contribution >= 4 is 10.8 Å². The monoisotopic (exact) mass is 386 g/mol. The summed E-state index contributed by atoms with van der Waals surface area (Å²) >= 11 is 0. The second-order valence-corrected chi connectivity index (χ2v) is 10.3. The van der Waals surface area contributed by atoms with Crippen LogP contribution in [0.15, 0.2) is 42.6 Å². The normalized spacial score (nSPS) is 15.4. The Bertz CT molecular complexity index is 1050. The molecule has 152 valence electrons. The Morgan fingerprint density at radius 1 is 0.966 bits per heavy atom. The van der Waals surface area contributed by atoms with Crippen molar-refractivity contribution in [3.63, 3.8) is 0 Å². The molecule has 29 heavy (non-hydrogen) atoms. The maximum Gasteiger partial charge on any atom is 0.220 e. The molecule has 3 aromatic rings. The van der Waals surface area contributed by atoms with Gasteiger partial charge in [0.1, 0.15) is 7.05 Å². The highest BCUT2D eigenvalue weighted by atomic mass is 14.9. The smallest absolute Gasteiger partial charge is 0.200 e. The lowest BCUT2D eigenvalue weighted by Crippen LogP contribution is -2.31. The minimum Gasteiger partial charge on any atom is -0.200 e. The Labute approximate surface area is 176 Å². The number of aromatic nitrogens is 1. The summed E-state index contributed by atoms with van der Waals surface area (Å²) in [6, 6.07) is 14.3. The fourth-order valence-corrected chi connectivity index (χ4v) is 4.97. The van der Waals surface area contributed by atoms with Gasteiger partial charge in [-0.15, -0.1) is 0 Å². The van der Waals surface area contributed by atoms with Gasteiger partial charge in [0.15, 0.2) is 6.20 Å². The van der Waals surface area contributed by atoms with Crippen LogP contribution in [0.25, 0.3) is 22.0 Å². The number of fused-ring (bicyclic) bond motifs is 1. The number of hydrogen-bond donors (Lipinski definition) is 0. The van der Waals surface area contributed by atoms with E-state index in [1.807, 2.05) is 0 Å². The van der Waals surface area contributed by atoms with Crippen molar-refractivity contribution in [1.29, 1.82) is 0 Å². The number of rotatable bonds is 3. The Morgan fingerprint density at radius 2 is 1.69 bits per heavy atom. The summed E-state index contributed by atoms with van der Waals surface area (Å²) in [5.74, 6) is 0.889. The molecule has 1 saturated carbocycles. The molecule has 0 spiro atoms. The highest BCUT2D eigenvalue weighted by Gasteiger charge is 2.23. The van der Waals surface area contributed by atoms with Crippen LogP contribution in [-0.2, 0) is 18.9 Å². The van der Waals surface area contributed by atoms with Crippen molar-refractivity contribution in [2.75, 3.05) is 0 Å². The highest BCUT2D eigenvalue weighted by molar-refractivity contribution is 5.94. The third-order valence-electron chi connectivity index (χ3n) is 6.99. The third-order valence-corrected chi connectivity index (χ3v) is 6.99. The van der Waals surface area contributed by atoms with Gasteiger partial charge in [0.25, 0.3) is 0 Å². The molecular formula is C28H36N+. The molecule has 0 unspecified atom stereocenters. The van der Waals surface area contributed by atoms with Crippen LogP contribution in [0.1, 0.15) is 68.7 Å². The Hall–Kier alpha value is -2.15. The molecule has 0 N–H and O–H groups in total. The highest BCUT2D eigenvalue weighted by Crippen LogP contribution is 2.35. The van der Waals surface area contributed by atoms with E-state index >= 15 is 0 Å². The average molecular weight is 387 g/mol. The second-order valence-electron chi connectivity index (χ2n) is 10.3. The first-order valence-electron chi connectivity index (χ1n) is 11.3. The molecule has 0 saturated heterocycles. The van der Waals surface area contributed by atoms with Gasteiger partial charge in [-0.1, -0.05) is 64.7 Å². The van der Waals surface area contributed by atoms with E-state index in [9.17, 15) is 0 Å². The summed E-state index contributed by atoms with van der Waals surface area (Å²) in [7, 11) is 2.18. The molecule has 0 atom stereocenters. The van der Waals surface area contributed by atoms with Crippen molar-refractivity contribution < 1.29 is 4.57 Å². The first-order chi connectivity index (χ1) is 13.7. The summed E-state index contributed by atoms with van der Waals surface area (Å²) in [4.78, 5) is 0. The van der Waals surface area contributed by atoms with Crippen LogP contribution in [0.4, 0.5) is 0 Å². The molecular weight excluding hydrogens is 350 g/mol. The fourth-order valence-electron chi connectivity index (χ4n) is 4.97. The average Bonchev–Trinajstić information content (AvgIpc) is 3.16. The van der Waals surface area contributed by atoms with Crippen molar-refractivity contribution in [3.8, 4) is 11.3 Å². The zero-order valence-corrected chi connectivity index (χ0v) is 19.1. The Kier molecular flexibility index (Phi) is 5.27. The fraction of sp³-hybridized carbons (Fsp3) is 0.464. The lowest BCUT2D eigenvalue weighted by molar-refractivity contribution is -0.659. The predicted octanol–water partition coefficient (Wildman–Crippen LogP) is 6.98. The first-order valence-corrected chi connectivity index (χ1v) is 11.3. The second kappa shape index (κ2) is 7.59. The molecule has 0 radical (unpaired) electrons. The summed E-state index contributed by atoms with van der Waals surface area (Å²) in [6.45, 7) is 11.4. The van der Waals surface area contributed by atoms with Crippen LogP contribution in [0, 0.1) is 19.8 Å². The molecule has 1 heterocycles. The third kappa shape index (κ3) is 3.97. The minimum atomic E-state index is 0.144. The molecule has 4 rings (SSSR count). The molecule has 1 nitrogen and oxygen atoms in total. The number of hydrogen-bond acceptors (Lipinski definition) is 0. The van der Waals surface area contributed by atoms with Crippen LogP contribution in [0.5, 0.6) is 0 Å². The van der Waals surface area contributed by atoms with Gasteiger partial charge in [0, 0.05) is 6.07 Å². The summed E-state index contributed by atoms with van der Waals surface area (Å²) in [5, 5.41) is 2.73. The van der Waals surface area contributed by atoms with Gasteiger partial charge in [-0.2, -0.15) is 0 Å². The van der Waals surface area contributed by atoms with Crippen LogP contribution >= 0.6 is 0 Å². The SMILES string of the molecule is Cc1cc(C(C)(C)C)cc(-c2c3ccc(CC4CCCC4)cc3cc[n+]2C)c1C. The lowest BCUT2D eigenvalue weighted by atomic mass is 9.82. The number of benzene rings is 2. The van der Waals surface area contributed by atoms with Crippen LogP contribution in [-0.4, -0.2) is 0 Å². The standard InChI is InChI=1S/C28H36N/c1-19-15-24(28(3,4)5)18-26(20(19)2)27-25-12-11-22(16-21-9-7-8-10-21)17-23(25)13-14-29(27)6/h11-15,17-18,21H,7-10,16H2,1-6H3/q+1. The molecule has 2 aromatic carbocycles. The van der Waals surface area contributed by atoms with Gasteiger partial charge in [-0.05, 0) is 71.4 Å². The quantitative estimate of drug-likeness (QED) is 0.428. The van der Waals surface area contributed by atoms with E-state index in [-0.39, 0.29) is 5.41 Å². The van der Waals surface area contributed by atoms with Crippen molar-refractivity contribution in [2.45, 2.75) is 72.1 Å². The van der Waals surface area contributed by atoms with Crippen molar-refractivity contribution in [2.24, 2.45) is 13.0 Å². The molecule has 1 heteroatoms. The maximum absolute atomic E-state index is 2.44. The van der Waals surface area contributed by atoms with Crippen LogP contribution in [0.2, 0.25) is 0 Å². The van der Waals surface area contributed by atoms with E-state index in [0.29, 0.717) is 0 Å². The zero-order valence-electron chi connectivity index (χ0n) is 19.1. The number of nitrogens with zero attached hydrogens (tertiary/aromatic N) is 1. The molecule has 1 fully saturated rings. The van der Waals surface area contributed by atoms with Gasteiger partial charge < -0.3 is 0 Å². The zero-order chi connectivity index (χ0) is 20.8. The van der Waals surface area contributed by atoms with Gasteiger partial charge in [0.2, 0.25) is 5.69 Å². The van der Waals surface area contributed by atoms with Crippen molar-refractivity contribution in [3.05, 3.63) is 64.8 Å². The Balaban J connectivity index is 1.85. The van der Waals surface area contributed by atoms with E-state index in [1.165, 1.54) is 76.4 Å². The van der Waals surface area contributed by atoms with Gasteiger partial charge in [-0.25, -0.2) is 4.57 Å². The predicted molar refractivity (Wildman–Crippen MR) is 124 cm³/mol. The first kappa shape index (κ1) is 20.1. The number of pyridine rings is 1. The van der Waals surface area contributed by atoms with E-state index in [4.69, 9.17) is 0 Å². The minimum absolute atomic E-state index is 0.144. The van der Waals surface area contributed by atoms with Gasteiger partial charge >= 0.3 is 0 Å². The van der Waals surface area contributed by atoms with E-state index in [1.54, 1.807) is 0 Å². The maximum atomic E-state index is 2.44. The Morgan fingerprint density at radius 3 is 2.38 bits per heavy atom. The molecule has 1 aliphatic carbocycles. The summed E-state index contributed by atoms with van der Waals surface area (Å²) < 4.78 is 2.30. The van der Waals surface area contributed by atoms with Gasteiger partial charge in [-0.3, -0.25) is 0 Å². The van der Waals surface area contributed by atoms with E-state index in [0.717, 1.165) is 5.92 Å². The topological polar surface area (TPSA) is 3.88 Å². The van der Waals surface area contributed by atoms with Gasteiger partial charge in [0.05, 0.1) is 10.9 Å². The summed E-state index contributed by atoms with van der Waals surface area (Å²) in [6.07, 6.45) is 9.12. The van der Waals surface area contributed by atoms with E-state index < -0.39 is 0 Å². The molecule has 1 aromatic heterocycles. The largest absolute Gasteiger partial charge is 0.220 e. The summed E-state index contributed by atoms with van der Waals surface area (Å²) in [5.41, 5.74) is 8.52. The van der Waals surface area contributed by atoms with Crippen molar-refractivity contribution in [1.82, 2.24) is 0 Å². The lowest BCUT2D eigenvalue weighted by Gasteiger charge is -2.22. The molecule has 0 bridgehead atoms. The molecule has 0 amide bonds. The molecule has 1 aliphatic rings. The molecule has 0 aliphatic heterocycles. The van der Waals surface area contributed by atoms with Crippen LogP contribution in [0.3, 0.4) is 0 Å². The van der Waals surface area contributed by atoms with Crippen LogP contribution < -0.4 is 4.57 Å². The number of aryl methyl sites for hydroxylation is 2. The van der Waals surface area contributed by atoms with E-state index in [2.05, 4.69) is 88.8 Å².